The number of halogens is 2. The fraction of sp³-hybridized carbons (Fsp3) is 0.107. The number of nitrogens with one attached hydrogen (secondary N) is 1. The molecule has 0 saturated heterocycles. The van der Waals surface area contributed by atoms with E-state index in [1.54, 1.807) is 43.6 Å². The maximum absolute atomic E-state index is 13.4. The third-order valence-electron chi connectivity index (χ3n) is 5.79. The number of para-hydroxylation sites is 1. The highest BCUT2D eigenvalue weighted by molar-refractivity contribution is 8.14. The zero-order chi connectivity index (χ0) is 26.6. The molecule has 38 heavy (non-hydrogen) atoms. The molecule has 0 bridgehead atoms. The molecular weight excluding hydrogens is 512 g/mol. The van der Waals surface area contributed by atoms with Gasteiger partial charge < -0.3 is 14.5 Å². The molecule has 0 radical (unpaired) electrons. The minimum Gasteiger partial charge on any atom is -0.497 e. The molecule has 4 aromatic rings. The second kappa shape index (κ2) is 10.9. The maximum atomic E-state index is 13.4. The summed E-state index contributed by atoms with van der Waals surface area (Å²) in [5, 5.41) is 1.11. The molecule has 1 amide bonds. The summed E-state index contributed by atoms with van der Waals surface area (Å²) < 4.78 is 34.8. The van der Waals surface area contributed by atoms with Crippen LogP contribution in [0.25, 0.3) is 17.0 Å². The van der Waals surface area contributed by atoms with Crippen molar-refractivity contribution in [2.75, 3.05) is 17.8 Å². The number of aliphatic imine (C=N–C) groups is 1. The first-order valence-corrected chi connectivity index (χ1v) is 12.5. The van der Waals surface area contributed by atoms with Gasteiger partial charge in [-0.25, -0.2) is 4.99 Å². The van der Waals surface area contributed by atoms with Crippen LogP contribution in [0.5, 0.6) is 11.5 Å². The van der Waals surface area contributed by atoms with Gasteiger partial charge in [0.15, 0.2) is 11.0 Å². The quantitative estimate of drug-likeness (QED) is 0.217. The van der Waals surface area contributed by atoms with Crippen molar-refractivity contribution < 1.29 is 27.8 Å². The Bertz CT molecular complexity index is 1550. The number of ether oxygens (including phenoxy) is 2. The van der Waals surface area contributed by atoms with Gasteiger partial charge >= 0.3 is 6.61 Å². The molecule has 1 aromatic heterocycles. The van der Waals surface area contributed by atoms with Crippen molar-refractivity contribution >= 4 is 51.3 Å². The van der Waals surface area contributed by atoms with E-state index in [0.717, 1.165) is 28.2 Å². The second-order valence-electron chi connectivity index (χ2n) is 8.17. The first-order valence-electron chi connectivity index (χ1n) is 11.5. The van der Waals surface area contributed by atoms with Crippen molar-refractivity contribution in [1.82, 2.24) is 4.98 Å². The van der Waals surface area contributed by atoms with Gasteiger partial charge in [0.2, 0.25) is 0 Å². The van der Waals surface area contributed by atoms with E-state index < -0.39 is 12.5 Å². The lowest BCUT2D eigenvalue weighted by Crippen LogP contribution is -2.30. The number of alkyl halides is 2. The van der Waals surface area contributed by atoms with Crippen LogP contribution in [-0.2, 0) is 4.79 Å². The van der Waals surface area contributed by atoms with Gasteiger partial charge in [-0.2, -0.15) is 8.78 Å². The average Bonchev–Trinajstić information content (AvgIpc) is 3.49. The van der Waals surface area contributed by atoms with Crippen LogP contribution in [0.2, 0.25) is 0 Å². The van der Waals surface area contributed by atoms with Gasteiger partial charge in [0, 0.05) is 22.7 Å². The zero-order valence-corrected chi connectivity index (χ0v) is 20.9. The number of aromatic nitrogens is 1. The summed E-state index contributed by atoms with van der Waals surface area (Å²) in [7, 11) is 1.56. The Balaban J connectivity index is 1.43. The molecule has 0 spiro atoms. The number of methoxy groups -OCH3 is 1. The summed E-state index contributed by atoms with van der Waals surface area (Å²) in [4.78, 5) is 35.5. The monoisotopic (exact) mass is 533 g/mol. The Labute approximate surface area is 220 Å². The molecule has 1 N–H and O–H groups in total. The summed E-state index contributed by atoms with van der Waals surface area (Å²) >= 11 is 1.12. The highest BCUT2D eigenvalue weighted by Crippen LogP contribution is 2.32. The molecule has 0 saturated carbocycles. The van der Waals surface area contributed by atoms with Crippen molar-refractivity contribution in [2.24, 2.45) is 4.99 Å². The fourth-order valence-electron chi connectivity index (χ4n) is 3.97. The number of amidine groups is 1. The largest absolute Gasteiger partial charge is 0.497 e. The molecule has 0 atom stereocenters. The minimum absolute atomic E-state index is 0.0346. The lowest BCUT2D eigenvalue weighted by atomic mass is 10.1. The Morgan fingerprint density at radius 1 is 1.05 bits per heavy atom. The van der Waals surface area contributed by atoms with Gasteiger partial charge in [0.05, 0.1) is 18.6 Å². The van der Waals surface area contributed by atoms with E-state index in [-0.39, 0.29) is 23.0 Å². The molecule has 1 aliphatic heterocycles. The number of carbonyl (C=O) groups is 2. The van der Waals surface area contributed by atoms with E-state index in [1.807, 2.05) is 24.3 Å². The van der Waals surface area contributed by atoms with Gasteiger partial charge in [0.25, 0.3) is 5.91 Å². The van der Waals surface area contributed by atoms with Gasteiger partial charge in [-0.3, -0.25) is 14.5 Å². The number of aromatic amines is 1. The number of ketones is 1. The van der Waals surface area contributed by atoms with Gasteiger partial charge in [-0.15, -0.1) is 0 Å². The molecule has 0 aliphatic carbocycles. The summed E-state index contributed by atoms with van der Waals surface area (Å²) in [6.45, 7) is -2.96. The molecule has 10 heteroatoms. The Morgan fingerprint density at radius 2 is 1.76 bits per heavy atom. The van der Waals surface area contributed by atoms with E-state index in [4.69, 9.17) is 4.74 Å². The molecule has 0 fully saturated rings. The van der Waals surface area contributed by atoms with E-state index in [1.165, 1.54) is 29.2 Å². The van der Waals surface area contributed by atoms with Crippen molar-refractivity contribution in [1.29, 1.82) is 0 Å². The number of Topliss-reactive ketones (excluding diaryl/α,β-unsaturated/α-hetero) is 1. The maximum Gasteiger partial charge on any atom is 0.387 e. The van der Waals surface area contributed by atoms with Crippen molar-refractivity contribution in [3.8, 4) is 11.5 Å². The number of anilines is 1. The smallest absolute Gasteiger partial charge is 0.387 e. The van der Waals surface area contributed by atoms with Gasteiger partial charge in [-0.05, 0) is 54.1 Å². The number of fused-ring (bicyclic) bond motifs is 1. The number of rotatable bonds is 8. The molecule has 5 rings (SSSR count). The number of nitrogens with zero attached hydrogens (tertiary/aromatic N) is 2. The van der Waals surface area contributed by atoms with E-state index in [2.05, 4.69) is 14.7 Å². The predicted octanol–water partition coefficient (Wildman–Crippen LogP) is 6.14. The van der Waals surface area contributed by atoms with Crippen LogP contribution in [0.4, 0.5) is 14.5 Å². The predicted molar refractivity (Wildman–Crippen MR) is 144 cm³/mol. The van der Waals surface area contributed by atoms with Crippen LogP contribution in [0.1, 0.15) is 15.9 Å². The summed E-state index contributed by atoms with van der Waals surface area (Å²) in [6, 6.07) is 20.3. The van der Waals surface area contributed by atoms with Gasteiger partial charge in [-0.1, -0.05) is 42.1 Å². The third-order valence-corrected chi connectivity index (χ3v) is 6.73. The molecule has 2 heterocycles. The Morgan fingerprint density at radius 3 is 2.47 bits per heavy atom. The van der Waals surface area contributed by atoms with Crippen LogP contribution in [-0.4, -0.2) is 41.3 Å². The standard InChI is InChI=1S/C28H21F2N3O4S/c1-36-19-10-6-17(7-11-19)14-24-26(35)33(18-8-12-20(13-9-18)37-27(29)30)28(32-24)38-16-25(34)22-15-31-23-5-3-2-4-21(22)23/h2-15,27,31H,16H2,1H3/b24-14-. The highest BCUT2D eigenvalue weighted by atomic mass is 32.2. The number of thioether (sulfide) groups is 1. The Hall–Kier alpha value is -4.44. The van der Waals surface area contributed by atoms with Gasteiger partial charge in [0.1, 0.15) is 17.2 Å². The van der Waals surface area contributed by atoms with Crippen LogP contribution >= 0.6 is 11.8 Å². The Kier molecular flexibility index (Phi) is 7.23. The number of H-pyrrole nitrogens is 1. The summed E-state index contributed by atoms with van der Waals surface area (Å²) in [5.41, 5.74) is 2.71. The van der Waals surface area contributed by atoms with E-state index in [9.17, 15) is 18.4 Å². The first-order chi connectivity index (χ1) is 18.4. The lowest BCUT2D eigenvalue weighted by molar-refractivity contribution is -0.113. The van der Waals surface area contributed by atoms with Crippen LogP contribution in [0, 0.1) is 0 Å². The normalized spacial score (nSPS) is 14.4. The van der Waals surface area contributed by atoms with E-state index >= 15 is 0 Å². The lowest BCUT2D eigenvalue weighted by Gasteiger charge is -2.18. The minimum atomic E-state index is -2.96. The number of amides is 1. The highest BCUT2D eigenvalue weighted by Gasteiger charge is 2.32. The van der Waals surface area contributed by atoms with Crippen molar-refractivity contribution in [3.05, 3.63) is 95.8 Å². The summed E-state index contributed by atoms with van der Waals surface area (Å²) in [5.74, 6) is 0.131. The SMILES string of the molecule is COc1ccc(/C=C2\N=C(SCC(=O)c3c[nH]c4ccccc34)N(c3ccc(OC(F)F)cc3)C2=O)cc1. The first kappa shape index (κ1) is 25.2. The second-order valence-corrected chi connectivity index (χ2v) is 9.11. The topological polar surface area (TPSA) is 84.0 Å². The number of carbonyl (C=O) groups excluding carboxylic acids is 2. The molecule has 7 nitrogen and oxygen atoms in total. The number of benzene rings is 3. The average molecular weight is 534 g/mol. The number of hydrogen-bond donors (Lipinski definition) is 1. The molecule has 0 unspecified atom stereocenters. The molecule has 3 aromatic carbocycles. The van der Waals surface area contributed by atoms with E-state index in [0.29, 0.717) is 22.2 Å². The molecule has 1 aliphatic rings. The van der Waals surface area contributed by atoms with Crippen molar-refractivity contribution in [3.63, 3.8) is 0 Å². The van der Waals surface area contributed by atoms with Crippen LogP contribution in [0.15, 0.2) is 89.7 Å². The fourth-order valence-corrected chi connectivity index (χ4v) is 4.86. The van der Waals surface area contributed by atoms with Crippen LogP contribution < -0.4 is 14.4 Å². The van der Waals surface area contributed by atoms with Crippen molar-refractivity contribution in [2.45, 2.75) is 6.61 Å². The summed E-state index contributed by atoms with van der Waals surface area (Å²) in [6.07, 6.45) is 3.31. The molecular formula is C28H21F2N3O4S. The number of hydrogen-bond acceptors (Lipinski definition) is 6. The zero-order valence-electron chi connectivity index (χ0n) is 20.1. The third kappa shape index (κ3) is 5.30. The van der Waals surface area contributed by atoms with Crippen LogP contribution in [0.3, 0.4) is 0 Å². The molecule has 192 valence electrons.